The summed E-state index contributed by atoms with van der Waals surface area (Å²) in [5.41, 5.74) is 3.87. The molecule has 1 heterocycles. The van der Waals surface area contributed by atoms with Crippen LogP contribution in [0.5, 0.6) is 5.75 Å². The quantitative estimate of drug-likeness (QED) is 0.639. The van der Waals surface area contributed by atoms with Gasteiger partial charge in [0.25, 0.3) is 5.91 Å². The zero-order valence-electron chi connectivity index (χ0n) is 15.8. The lowest BCUT2D eigenvalue weighted by atomic mass is 9.96. The molecule has 1 aromatic carbocycles. The number of fused-ring (bicyclic) bond motifs is 1. The number of carbonyl (C=O) groups is 1. The standard InChI is InChI=1S/C21H23BrN2O2S/c1-12(2)15-9-17(22)13(3)8-18(15)26-11-20(25)24-21-16(10-23)14-6-4-5-7-19(14)27-21/h8-9,12H,4-7,11H2,1-3H3,(H,24,25). The Balaban J connectivity index is 1.72. The van der Waals surface area contributed by atoms with Crippen LogP contribution in [0.25, 0.3) is 0 Å². The summed E-state index contributed by atoms with van der Waals surface area (Å²) in [6.45, 7) is 6.11. The first-order valence-electron chi connectivity index (χ1n) is 9.18. The molecule has 3 rings (SSSR count). The normalized spacial score (nSPS) is 13.2. The molecule has 0 bridgehead atoms. The molecule has 1 amide bonds. The van der Waals surface area contributed by atoms with E-state index in [1.165, 1.54) is 16.2 Å². The van der Waals surface area contributed by atoms with Crippen LogP contribution in [0.15, 0.2) is 16.6 Å². The number of nitrogens with one attached hydrogen (secondary N) is 1. The molecule has 0 saturated heterocycles. The van der Waals surface area contributed by atoms with Gasteiger partial charge < -0.3 is 10.1 Å². The predicted octanol–water partition coefficient (Wildman–Crippen LogP) is 5.71. The van der Waals surface area contributed by atoms with Crippen LogP contribution in [0.1, 0.15) is 59.7 Å². The molecule has 4 nitrogen and oxygen atoms in total. The molecule has 142 valence electrons. The van der Waals surface area contributed by atoms with Crippen LogP contribution in [-0.4, -0.2) is 12.5 Å². The van der Waals surface area contributed by atoms with Gasteiger partial charge in [0.05, 0.1) is 5.56 Å². The fourth-order valence-electron chi connectivity index (χ4n) is 3.32. The second-order valence-electron chi connectivity index (χ2n) is 7.16. The summed E-state index contributed by atoms with van der Waals surface area (Å²) in [7, 11) is 0. The number of anilines is 1. The highest BCUT2D eigenvalue weighted by Crippen LogP contribution is 2.37. The number of nitrogens with zero attached hydrogens (tertiary/aromatic N) is 1. The number of benzene rings is 1. The average Bonchev–Trinajstić information content (AvgIpc) is 2.98. The molecule has 0 aliphatic heterocycles. The molecule has 6 heteroatoms. The summed E-state index contributed by atoms with van der Waals surface area (Å²) in [4.78, 5) is 13.7. The molecule has 1 aliphatic rings. The first-order valence-corrected chi connectivity index (χ1v) is 10.8. The number of halogens is 1. The van der Waals surface area contributed by atoms with Gasteiger partial charge in [0.15, 0.2) is 6.61 Å². The molecule has 0 atom stereocenters. The van der Waals surface area contributed by atoms with Gasteiger partial charge in [-0.1, -0.05) is 29.8 Å². The van der Waals surface area contributed by atoms with Gasteiger partial charge in [-0.15, -0.1) is 11.3 Å². The van der Waals surface area contributed by atoms with Crippen LogP contribution in [0.2, 0.25) is 0 Å². The highest BCUT2D eigenvalue weighted by atomic mass is 79.9. The van der Waals surface area contributed by atoms with E-state index < -0.39 is 0 Å². The van der Waals surface area contributed by atoms with Crippen molar-refractivity contribution in [2.75, 3.05) is 11.9 Å². The number of nitriles is 1. The lowest BCUT2D eigenvalue weighted by Gasteiger charge is -2.16. The molecule has 2 aromatic rings. The number of rotatable bonds is 5. The first-order chi connectivity index (χ1) is 12.9. The lowest BCUT2D eigenvalue weighted by Crippen LogP contribution is -2.20. The van der Waals surface area contributed by atoms with Gasteiger partial charge in [0.2, 0.25) is 0 Å². The molecular formula is C21H23BrN2O2S. The molecule has 0 fully saturated rings. The maximum atomic E-state index is 12.5. The number of hydrogen-bond donors (Lipinski definition) is 1. The number of ether oxygens (including phenoxy) is 1. The molecule has 27 heavy (non-hydrogen) atoms. The van der Waals surface area contributed by atoms with E-state index in [-0.39, 0.29) is 18.4 Å². The van der Waals surface area contributed by atoms with Gasteiger partial charge in [-0.2, -0.15) is 5.26 Å². The Labute approximate surface area is 172 Å². The topological polar surface area (TPSA) is 62.1 Å². The SMILES string of the molecule is Cc1cc(OCC(=O)Nc2sc3c(c2C#N)CCCC3)c(C(C)C)cc1Br. The Morgan fingerprint density at radius 3 is 2.81 bits per heavy atom. The summed E-state index contributed by atoms with van der Waals surface area (Å²) in [5, 5.41) is 13.1. The Bertz CT molecular complexity index is 912. The minimum absolute atomic E-state index is 0.0752. The maximum absolute atomic E-state index is 12.5. The van der Waals surface area contributed by atoms with Crippen LogP contribution in [-0.2, 0) is 17.6 Å². The van der Waals surface area contributed by atoms with E-state index in [1.807, 2.05) is 19.1 Å². The van der Waals surface area contributed by atoms with E-state index in [1.54, 1.807) is 0 Å². The minimum Gasteiger partial charge on any atom is -0.483 e. The smallest absolute Gasteiger partial charge is 0.262 e. The Kier molecular flexibility index (Phi) is 6.23. The first kappa shape index (κ1) is 19.9. The van der Waals surface area contributed by atoms with Gasteiger partial charge in [-0.3, -0.25) is 4.79 Å². The van der Waals surface area contributed by atoms with Crippen molar-refractivity contribution in [1.82, 2.24) is 0 Å². The fourth-order valence-corrected chi connectivity index (χ4v) is 4.94. The summed E-state index contributed by atoms with van der Waals surface area (Å²) in [5.74, 6) is 0.779. The van der Waals surface area contributed by atoms with Crippen molar-refractivity contribution >= 4 is 38.2 Å². The molecule has 0 spiro atoms. The fraction of sp³-hybridized carbons (Fsp3) is 0.429. The summed E-state index contributed by atoms with van der Waals surface area (Å²) < 4.78 is 6.87. The summed E-state index contributed by atoms with van der Waals surface area (Å²) in [6, 6.07) is 6.28. The van der Waals surface area contributed by atoms with Crippen molar-refractivity contribution in [3.8, 4) is 11.8 Å². The molecule has 1 N–H and O–H groups in total. The third-order valence-electron chi connectivity index (χ3n) is 4.81. The van der Waals surface area contributed by atoms with E-state index in [4.69, 9.17) is 4.74 Å². The van der Waals surface area contributed by atoms with Crippen molar-refractivity contribution in [2.45, 2.75) is 52.4 Å². The zero-order chi connectivity index (χ0) is 19.6. The van der Waals surface area contributed by atoms with Crippen molar-refractivity contribution in [1.29, 1.82) is 5.26 Å². The molecular weight excluding hydrogens is 424 g/mol. The van der Waals surface area contributed by atoms with Crippen LogP contribution in [0.3, 0.4) is 0 Å². The second-order valence-corrected chi connectivity index (χ2v) is 9.12. The van der Waals surface area contributed by atoms with Crippen LogP contribution in [0.4, 0.5) is 5.00 Å². The van der Waals surface area contributed by atoms with E-state index in [9.17, 15) is 10.1 Å². The number of hydrogen-bond acceptors (Lipinski definition) is 4. The molecule has 1 aromatic heterocycles. The van der Waals surface area contributed by atoms with Crippen molar-refractivity contribution < 1.29 is 9.53 Å². The maximum Gasteiger partial charge on any atom is 0.262 e. The summed E-state index contributed by atoms with van der Waals surface area (Å²) >= 11 is 5.09. The van der Waals surface area contributed by atoms with Crippen LogP contribution < -0.4 is 10.1 Å². The number of thiophene rings is 1. The lowest BCUT2D eigenvalue weighted by molar-refractivity contribution is -0.118. The Morgan fingerprint density at radius 1 is 1.37 bits per heavy atom. The molecule has 0 saturated carbocycles. The van der Waals surface area contributed by atoms with Crippen molar-refractivity contribution in [3.63, 3.8) is 0 Å². The molecule has 0 unspecified atom stereocenters. The third-order valence-corrected chi connectivity index (χ3v) is 6.87. The number of amides is 1. The van der Waals surface area contributed by atoms with E-state index in [0.717, 1.165) is 52.6 Å². The highest BCUT2D eigenvalue weighted by molar-refractivity contribution is 9.10. The van der Waals surface area contributed by atoms with E-state index >= 15 is 0 Å². The van der Waals surface area contributed by atoms with E-state index in [2.05, 4.69) is 41.2 Å². The second kappa shape index (κ2) is 8.45. The highest BCUT2D eigenvalue weighted by Gasteiger charge is 2.22. The number of aryl methyl sites for hydroxylation is 2. The zero-order valence-corrected chi connectivity index (χ0v) is 18.2. The number of carbonyl (C=O) groups excluding carboxylic acids is 1. The third kappa shape index (κ3) is 4.36. The Morgan fingerprint density at radius 2 is 2.11 bits per heavy atom. The minimum atomic E-state index is -0.236. The van der Waals surface area contributed by atoms with Crippen LogP contribution >= 0.6 is 27.3 Å². The van der Waals surface area contributed by atoms with E-state index in [0.29, 0.717) is 10.6 Å². The van der Waals surface area contributed by atoms with Gasteiger partial charge in [0.1, 0.15) is 16.8 Å². The van der Waals surface area contributed by atoms with Gasteiger partial charge >= 0.3 is 0 Å². The van der Waals surface area contributed by atoms with Crippen molar-refractivity contribution in [3.05, 3.63) is 43.7 Å². The largest absolute Gasteiger partial charge is 0.483 e. The van der Waals surface area contributed by atoms with Gasteiger partial charge in [0, 0.05) is 9.35 Å². The monoisotopic (exact) mass is 446 g/mol. The van der Waals surface area contributed by atoms with Gasteiger partial charge in [-0.25, -0.2) is 0 Å². The van der Waals surface area contributed by atoms with Gasteiger partial charge in [-0.05, 0) is 67.3 Å². The van der Waals surface area contributed by atoms with Crippen molar-refractivity contribution in [2.24, 2.45) is 0 Å². The summed E-state index contributed by atoms with van der Waals surface area (Å²) in [6.07, 6.45) is 4.18. The predicted molar refractivity (Wildman–Crippen MR) is 113 cm³/mol. The molecule has 0 radical (unpaired) electrons. The average molecular weight is 447 g/mol. The Hall–Kier alpha value is -1.84. The van der Waals surface area contributed by atoms with Crippen LogP contribution in [0, 0.1) is 18.3 Å². The molecule has 1 aliphatic carbocycles.